The van der Waals surface area contributed by atoms with Gasteiger partial charge in [-0.05, 0) is 31.7 Å². The Bertz CT molecular complexity index is 525. The number of rotatable bonds is 6. The van der Waals surface area contributed by atoms with Crippen molar-refractivity contribution in [3.8, 4) is 0 Å². The van der Waals surface area contributed by atoms with Gasteiger partial charge in [0.15, 0.2) is 0 Å². The average molecular weight is 344 g/mol. The molecule has 1 amide bonds. The van der Waals surface area contributed by atoms with Crippen molar-refractivity contribution in [3.05, 3.63) is 35.9 Å². The molecule has 1 saturated heterocycles. The van der Waals surface area contributed by atoms with Gasteiger partial charge in [0.2, 0.25) is 5.91 Å². The Kier molecular flexibility index (Phi) is 6.88. The van der Waals surface area contributed by atoms with E-state index in [4.69, 9.17) is 0 Å². The Hall–Kier alpha value is -1.39. The first kappa shape index (κ1) is 18.4. The van der Waals surface area contributed by atoms with Crippen LogP contribution in [0.5, 0.6) is 0 Å². The van der Waals surface area contributed by atoms with Crippen molar-refractivity contribution < 1.29 is 4.79 Å². The molecule has 0 unspecified atom stereocenters. The van der Waals surface area contributed by atoms with Crippen molar-refractivity contribution in [1.82, 2.24) is 15.5 Å². The second kappa shape index (κ2) is 9.35. The van der Waals surface area contributed by atoms with E-state index in [2.05, 4.69) is 39.8 Å². The van der Waals surface area contributed by atoms with Crippen LogP contribution in [0.25, 0.3) is 0 Å². The number of likely N-dealkylation sites (N-methyl/N-ethyl adjacent to an activating group) is 1. The second-order valence-corrected chi connectivity index (χ2v) is 7.61. The van der Waals surface area contributed by atoms with Crippen LogP contribution >= 0.6 is 0 Å². The smallest absolute Gasteiger partial charge is 0.237 e. The SMILES string of the molecule is CCNC(=O)[C@@H]1C[C@@H](NC2CCCCCC2)CN1Cc1ccccc1. The number of likely N-dealkylation sites (tertiary alicyclic amines) is 1. The molecule has 1 aliphatic heterocycles. The minimum atomic E-state index is -0.0107. The number of amides is 1. The third kappa shape index (κ3) is 5.29. The summed E-state index contributed by atoms with van der Waals surface area (Å²) in [5.74, 6) is 0.184. The Balaban J connectivity index is 1.63. The van der Waals surface area contributed by atoms with Crippen LogP contribution in [0.15, 0.2) is 30.3 Å². The first-order chi connectivity index (χ1) is 12.3. The molecule has 0 bridgehead atoms. The molecule has 1 heterocycles. The Morgan fingerprint density at radius 2 is 1.80 bits per heavy atom. The molecule has 4 nitrogen and oxygen atoms in total. The number of nitrogens with one attached hydrogen (secondary N) is 2. The highest BCUT2D eigenvalue weighted by molar-refractivity contribution is 5.82. The summed E-state index contributed by atoms with van der Waals surface area (Å²) in [5, 5.41) is 6.91. The van der Waals surface area contributed by atoms with Crippen molar-refractivity contribution in [3.63, 3.8) is 0 Å². The molecule has 0 aromatic heterocycles. The maximum absolute atomic E-state index is 12.6. The van der Waals surface area contributed by atoms with Crippen LogP contribution < -0.4 is 10.6 Å². The highest BCUT2D eigenvalue weighted by atomic mass is 16.2. The van der Waals surface area contributed by atoms with E-state index < -0.39 is 0 Å². The molecule has 1 aromatic rings. The van der Waals surface area contributed by atoms with Crippen molar-refractivity contribution >= 4 is 5.91 Å². The molecule has 0 spiro atoms. The highest BCUT2D eigenvalue weighted by Crippen LogP contribution is 2.24. The molecule has 2 atom stereocenters. The quantitative estimate of drug-likeness (QED) is 0.780. The maximum Gasteiger partial charge on any atom is 0.237 e. The van der Waals surface area contributed by atoms with Gasteiger partial charge in [-0.1, -0.05) is 56.0 Å². The van der Waals surface area contributed by atoms with Crippen molar-refractivity contribution in [2.24, 2.45) is 0 Å². The minimum Gasteiger partial charge on any atom is -0.355 e. The van der Waals surface area contributed by atoms with Gasteiger partial charge in [-0.2, -0.15) is 0 Å². The number of hydrogen-bond acceptors (Lipinski definition) is 3. The van der Waals surface area contributed by atoms with Crippen LogP contribution in [-0.4, -0.2) is 42.0 Å². The molecule has 1 aliphatic carbocycles. The number of carbonyl (C=O) groups is 1. The summed E-state index contributed by atoms with van der Waals surface area (Å²) < 4.78 is 0. The summed E-state index contributed by atoms with van der Waals surface area (Å²) in [7, 11) is 0. The molecule has 138 valence electrons. The summed E-state index contributed by atoms with van der Waals surface area (Å²) in [4.78, 5) is 14.9. The predicted molar refractivity (Wildman–Crippen MR) is 102 cm³/mol. The molecule has 2 aliphatic rings. The van der Waals surface area contributed by atoms with Gasteiger partial charge in [-0.25, -0.2) is 0 Å². The number of carbonyl (C=O) groups excluding carboxylic acids is 1. The minimum absolute atomic E-state index is 0.0107. The van der Waals surface area contributed by atoms with Gasteiger partial charge in [0.05, 0.1) is 6.04 Å². The van der Waals surface area contributed by atoms with E-state index in [1.54, 1.807) is 0 Å². The van der Waals surface area contributed by atoms with Crippen molar-refractivity contribution in [2.45, 2.75) is 76.5 Å². The van der Waals surface area contributed by atoms with E-state index in [9.17, 15) is 4.79 Å². The van der Waals surface area contributed by atoms with Gasteiger partial charge in [-0.3, -0.25) is 9.69 Å². The second-order valence-electron chi connectivity index (χ2n) is 7.61. The lowest BCUT2D eigenvalue weighted by Gasteiger charge is -2.23. The zero-order valence-corrected chi connectivity index (χ0v) is 15.5. The monoisotopic (exact) mass is 343 g/mol. The zero-order chi connectivity index (χ0) is 17.5. The molecule has 25 heavy (non-hydrogen) atoms. The third-order valence-corrected chi connectivity index (χ3v) is 5.61. The molecule has 2 N–H and O–H groups in total. The Labute approximate surface area is 152 Å². The van der Waals surface area contributed by atoms with E-state index in [1.807, 2.05) is 13.0 Å². The van der Waals surface area contributed by atoms with E-state index >= 15 is 0 Å². The summed E-state index contributed by atoms with van der Waals surface area (Å²) in [6.07, 6.45) is 8.96. The Morgan fingerprint density at radius 1 is 1.08 bits per heavy atom. The van der Waals surface area contributed by atoms with Crippen LogP contribution in [0.2, 0.25) is 0 Å². The van der Waals surface area contributed by atoms with Gasteiger partial charge in [0.25, 0.3) is 0 Å². The number of nitrogens with zero attached hydrogens (tertiary/aromatic N) is 1. The van der Waals surface area contributed by atoms with Gasteiger partial charge >= 0.3 is 0 Å². The lowest BCUT2D eigenvalue weighted by Crippen LogP contribution is -2.42. The third-order valence-electron chi connectivity index (χ3n) is 5.61. The summed E-state index contributed by atoms with van der Waals surface area (Å²) in [6.45, 7) is 4.52. The number of benzene rings is 1. The normalized spacial score (nSPS) is 25.6. The van der Waals surface area contributed by atoms with Crippen LogP contribution in [0, 0.1) is 0 Å². The van der Waals surface area contributed by atoms with E-state index in [0.29, 0.717) is 18.6 Å². The summed E-state index contributed by atoms with van der Waals surface area (Å²) >= 11 is 0. The van der Waals surface area contributed by atoms with Gasteiger partial charge in [-0.15, -0.1) is 0 Å². The fourth-order valence-electron chi connectivity index (χ4n) is 4.36. The molecule has 4 heteroatoms. The molecular weight excluding hydrogens is 310 g/mol. The molecule has 0 radical (unpaired) electrons. The number of hydrogen-bond donors (Lipinski definition) is 2. The average Bonchev–Trinajstić information content (AvgIpc) is 2.83. The fourth-order valence-corrected chi connectivity index (χ4v) is 4.36. The highest BCUT2D eigenvalue weighted by Gasteiger charge is 2.37. The van der Waals surface area contributed by atoms with Crippen LogP contribution in [0.3, 0.4) is 0 Å². The first-order valence-corrected chi connectivity index (χ1v) is 10.1. The van der Waals surface area contributed by atoms with E-state index in [0.717, 1.165) is 19.5 Å². The molecular formula is C21H33N3O. The van der Waals surface area contributed by atoms with E-state index in [1.165, 1.54) is 44.1 Å². The van der Waals surface area contributed by atoms with Crippen LogP contribution in [-0.2, 0) is 11.3 Å². The fraction of sp³-hybridized carbons (Fsp3) is 0.667. The van der Waals surface area contributed by atoms with Crippen molar-refractivity contribution in [1.29, 1.82) is 0 Å². The maximum atomic E-state index is 12.6. The van der Waals surface area contributed by atoms with Gasteiger partial charge in [0, 0.05) is 31.7 Å². The largest absolute Gasteiger partial charge is 0.355 e. The lowest BCUT2D eigenvalue weighted by atomic mass is 10.1. The molecule has 2 fully saturated rings. The van der Waals surface area contributed by atoms with Crippen LogP contribution in [0.1, 0.15) is 57.4 Å². The standard InChI is InChI=1S/C21H33N3O/c1-2-22-21(25)20-14-19(23-18-12-8-3-4-9-13-18)16-24(20)15-17-10-6-5-7-11-17/h5-7,10-11,18-20,23H,2-4,8-9,12-16H2,1H3,(H,22,25)/t19-,20+/m1/s1. The van der Waals surface area contributed by atoms with Gasteiger partial charge in [0.1, 0.15) is 0 Å². The summed E-state index contributed by atoms with van der Waals surface area (Å²) in [6, 6.07) is 11.6. The molecule has 1 saturated carbocycles. The zero-order valence-electron chi connectivity index (χ0n) is 15.5. The Morgan fingerprint density at radius 3 is 2.48 bits per heavy atom. The lowest BCUT2D eigenvalue weighted by molar-refractivity contribution is -0.125. The summed E-state index contributed by atoms with van der Waals surface area (Å²) in [5.41, 5.74) is 1.28. The first-order valence-electron chi connectivity index (χ1n) is 10.1. The van der Waals surface area contributed by atoms with E-state index in [-0.39, 0.29) is 11.9 Å². The van der Waals surface area contributed by atoms with Crippen LogP contribution in [0.4, 0.5) is 0 Å². The topological polar surface area (TPSA) is 44.4 Å². The van der Waals surface area contributed by atoms with Gasteiger partial charge < -0.3 is 10.6 Å². The molecule has 1 aromatic carbocycles. The van der Waals surface area contributed by atoms with Crippen molar-refractivity contribution in [2.75, 3.05) is 13.1 Å². The predicted octanol–water partition coefficient (Wildman–Crippen LogP) is 3.08. The molecule has 3 rings (SSSR count).